The van der Waals surface area contributed by atoms with Gasteiger partial charge in [-0.2, -0.15) is 0 Å². The standard InChI is InChI=1S/C9H10ClNO2/c10-9(13)8(11)5-6-1-3-7(12)4-2-6/h1-4,8,12H,5,11H2/t8-/m1/s1. The number of rotatable bonds is 3. The number of phenols is 1. The third kappa shape index (κ3) is 3.05. The minimum absolute atomic E-state index is 0.189. The minimum atomic E-state index is -0.675. The van der Waals surface area contributed by atoms with Crippen molar-refractivity contribution in [2.75, 3.05) is 0 Å². The van der Waals surface area contributed by atoms with Crippen LogP contribution in [-0.2, 0) is 11.2 Å². The molecule has 3 N–H and O–H groups in total. The second-order valence-electron chi connectivity index (χ2n) is 2.78. The molecule has 4 heteroatoms. The monoisotopic (exact) mass is 199 g/mol. The molecule has 0 aliphatic carbocycles. The van der Waals surface area contributed by atoms with E-state index in [9.17, 15) is 4.79 Å². The van der Waals surface area contributed by atoms with Gasteiger partial charge in [0.15, 0.2) is 0 Å². The lowest BCUT2D eigenvalue weighted by atomic mass is 10.1. The number of phenolic OH excluding ortho intramolecular Hbond substituents is 1. The Balaban J connectivity index is 2.64. The van der Waals surface area contributed by atoms with E-state index in [1.807, 2.05) is 0 Å². The first kappa shape index (κ1) is 10.0. The molecule has 70 valence electrons. The number of benzene rings is 1. The third-order valence-electron chi connectivity index (χ3n) is 1.68. The Morgan fingerprint density at radius 2 is 2.00 bits per heavy atom. The Morgan fingerprint density at radius 3 is 2.46 bits per heavy atom. The SMILES string of the molecule is N[C@H](Cc1ccc(O)cc1)C(=O)Cl. The predicted molar refractivity (Wildman–Crippen MR) is 50.6 cm³/mol. The first-order chi connectivity index (χ1) is 6.09. The van der Waals surface area contributed by atoms with E-state index in [4.69, 9.17) is 22.4 Å². The number of carbonyl (C=O) groups excluding carboxylic acids is 1. The molecule has 0 aliphatic heterocycles. The van der Waals surface area contributed by atoms with Crippen molar-refractivity contribution < 1.29 is 9.90 Å². The molecule has 0 aliphatic rings. The smallest absolute Gasteiger partial charge is 0.238 e. The maximum absolute atomic E-state index is 10.6. The predicted octanol–water partition coefficient (Wildman–Crippen LogP) is 1.03. The largest absolute Gasteiger partial charge is 0.508 e. The second-order valence-corrected chi connectivity index (χ2v) is 3.15. The fourth-order valence-electron chi connectivity index (χ4n) is 0.966. The van der Waals surface area contributed by atoms with Gasteiger partial charge < -0.3 is 10.8 Å². The minimum Gasteiger partial charge on any atom is -0.508 e. The number of halogens is 1. The fraction of sp³-hybridized carbons (Fsp3) is 0.222. The van der Waals surface area contributed by atoms with E-state index in [0.29, 0.717) is 6.42 Å². The molecule has 1 aromatic rings. The van der Waals surface area contributed by atoms with Crippen molar-refractivity contribution in [3.63, 3.8) is 0 Å². The summed E-state index contributed by atoms with van der Waals surface area (Å²) < 4.78 is 0. The van der Waals surface area contributed by atoms with Crippen LogP contribution in [-0.4, -0.2) is 16.4 Å². The number of aromatic hydroxyl groups is 1. The van der Waals surface area contributed by atoms with Gasteiger partial charge in [-0.25, -0.2) is 0 Å². The Morgan fingerprint density at radius 1 is 1.46 bits per heavy atom. The average Bonchev–Trinajstić information content (AvgIpc) is 2.08. The Labute approximate surface area is 81.1 Å². The highest BCUT2D eigenvalue weighted by atomic mass is 35.5. The van der Waals surface area contributed by atoms with E-state index in [-0.39, 0.29) is 5.75 Å². The highest BCUT2D eigenvalue weighted by molar-refractivity contribution is 6.64. The van der Waals surface area contributed by atoms with Gasteiger partial charge in [-0.1, -0.05) is 12.1 Å². The zero-order chi connectivity index (χ0) is 9.84. The molecule has 1 rings (SSSR count). The first-order valence-corrected chi connectivity index (χ1v) is 4.20. The maximum Gasteiger partial charge on any atom is 0.238 e. The van der Waals surface area contributed by atoms with Crippen molar-refractivity contribution in [2.45, 2.75) is 12.5 Å². The van der Waals surface area contributed by atoms with Crippen molar-refractivity contribution in [1.82, 2.24) is 0 Å². The van der Waals surface area contributed by atoms with Crippen LogP contribution in [0.25, 0.3) is 0 Å². The highest BCUT2D eigenvalue weighted by Gasteiger charge is 2.10. The van der Waals surface area contributed by atoms with Gasteiger partial charge in [0.05, 0.1) is 6.04 Å². The fourth-order valence-corrected chi connectivity index (χ4v) is 1.04. The van der Waals surface area contributed by atoms with Gasteiger partial charge in [0, 0.05) is 0 Å². The lowest BCUT2D eigenvalue weighted by Crippen LogP contribution is -2.29. The topological polar surface area (TPSA) is 63.3 Å². The summed E-state index contributed by atoms with van der Waals surface area (Å²) in [6, 6.07) is 5.82. The summed E-state index contributed by atoms with van der Waals surface area (Å²) >= 11 is 5.20. The molecular formula is C9H10ClNO2. The average molecular weight is 200 g/mol. The summed E-state index contributed by atoms with van der Waals surface area (Å²) in [6.45, 7) is 0. The summed E-state index contributed by atoms with van der Waals surface area (Å²) in [5.74, 6) is 0.189. The Kier molecular flexibility index (Phi) is 3.28. The molecule has 0 heterocycles. The number of hydrogen-bond donors (Lipinski definition) is 2. The summed E-state index contributed by atoms with van der Waals surface area (Å²) in [7, 11) is 0. The lowest BCUT2D eigenvalue weighted by Gasteiger charge is -2.05. The molecule has 0 unspecified atom stereocenters. The van der Waals surface area contributed by atoms with Gasteiger partial charge in [-0.3, -0.25) is 4.79 Å². The van der Waals surface area contributed by atoms with E-state index in [0.717, 1.165) is 5.56 Å². The molecule has 0 saturated heterocycles. The summed E-state index contributed by atoms with van der Waals surface area (Å²) in [6.07, 6.45) is 0.391. The van der Waals surface area contributed by atoms with E-state index >= 15 is 0 Å². The van der Waals surface area contributed by atoms with E-state index < -0.39 is 11.3 Å². The zero-order valence-corrected chi connectivity index (χ0v) is 7.66. The highest BCUT2D eigenvalue weighted by Crippen LogP contribution is 2.11. The van der Waals surface area contributed by atoms with Crippen LogP contribution in [0.1, 0.15) is 5.56 Å². The van der Waals surface area contributed by atoms with E-state index in [1.165, 1.54) is 0 Å². The molecule has 0 bridgehead atoms. The molecule has 3 nitrogen and oxygen atoms in total. The van der Waals surface area contributed by atoms with Crippen molar-refractivity contribution >= 4 is 16.8 Å². The van der Waals surface area contributed by atoms with Crippen LogP contribution in [0.2, 0.25) is 0 Å². The molecule has 0 amide bonds. The van der Waals surface area contributed by atoms with Gasteiger partial charge in [0.25, 0.3) is 0 Å². The normalized spacial score (nSPS) is 12.5. The van der Waals surface area contributed by atoms with Crippen LogP contribution in [0.15, 0.2) is 24.3 Å². The molecule has 0 fully saturated rings. The van der Waals surface area contributed by atoms with Crippen LogP contribution < -0.4 is 5.73 Å². The second kappa shape index (κ2) is 4.25. The van der Waals surface area contributed by atoms with Crippen molar-refractivity contribution in [3.05, 3.63) is 29.8 Å². The maximum atomic E-state index is 10.6. The molecular weight excluding hydrogens is 190 g/mol. The van der Waals surface area contributed by atoms with Gasteiger partial charge in [0.1, 0.15) is 5.75 Å². The van der Waals surface area contributed by atoms with Crippen LogP contribution in [0, 0.1) is 0 Å². The molecule has 13 heavy (non-hydrogen) atoms. The van der Waals surface area contributed by atoms with Gasteiger partial charge >= 0.3 is 0 Å². The molecule has 1 aromatic carbocycles. The summed E-state index contributed by atoms with van der Waals surface area (Å²) in [5, 5.41) is 8.43. The van der Waals surface area contributed by atoms with Gasteiger partial charge in [-0.05, 0) is 35.7 Å². The van der Waals surface area contributed by atoms with Crippen LogP contribution in [0.5, 0.6) is 5.75 Å². The first-order valence-electron chi connectivity index (χ1n) is 3.82. The molecule has 0 spiro atoms. The number of hydrogen-bond acceptors (Lipinski definition) is 3. The quantitative estimate of drug-likeness (QED) is 0.715. The third-order valence-corrected chi connectivity index (χ3v) is 1.96. The van der Waals surface area contributed by atoms with Gasteiger partial charge in [0.2, 0.25) is 5.24 Å². The van der Waals surface area contributed by atoms with Crippen LogP contribution in [0.4, 0.5) is 0 Å². The van der Waals surface area contributed by atoms with Crippen molar-refractivity contribution in [3.8, 4) is 5.75 Å². The lowest BCUT2D eigenvalue weighted by molar-refractivity contribution is -0.112. The number of carbonyl (C=O) groups is 1. The van der Waals surface area contributed by atoms with Crippen molar-refractivity contribution in [1.29, 1.82) is 0 Å². The molecule has 0 radical (unpaired) electrons. The van der Waals surface area contributed by atoms with E-state index in [2.05, 4.69) is 0 Å². The molecule has 1 atom stereocenters. The van der Waals surface area contributed by atoms with Crippen LogP contribution >= 0.6 is 11.6 Å². The van der Waals surface area contributed by atoms with E-state index in [1.54, 1.807) is 24.3 Å². The zero-order valence-electron chi connectivity index (χ0n) is 6.90. The Hall–Kier alpha value is -1.06. The van der Waals surface area contributed by atoms with Crippen LogP contribution in [0.3, 0.4) is 0 Å². The van der Waals surface area contributed by atoms with Crippen molar-refractivity contribution in [2.24, 2.45) is 5.73 Å². The number of nitrogens with two attached hydrogens (primary N) is 1. The molecule has 0 saturated carbocycles. The molecule has 0 aromatic heterocycles. The Bertz CT molecular complexity index is 297. The summed E-state index contributed by atoms with van der Waals surface area (Å²) in [5.41, 5.74) is 6.32. The van der Waals surface area contributed by atoms with Gasteiger partial charge in [-0.15, -0.1) is 0 Å². The summed E-state index contributed by atoms with van der Waals surface area (Å²) in [4.78, 5) is 10.6.